The molecule has 2 rings (SSSR count). The minimum atomic E-state index is 0.338. The van der Waals surface area contributed by atoms with Gasteiger partial charge in [-0.1, -0.05) is 5.92 Å². The molecule has 0 aromatic heterocycles. The van der Waals surface area contributed by atoms with Crippen LogP contribution in [0.15, 0.2) is 0 Å². The summed E-state index contributed by atoms with van der Waals surface area (Å²) < 4.78 is 0. The molecule has 76 valence electrons. The largest absolute Gasteiger partial charge is 0.317 e. The topological polar surface area (TPSA) is 29.1 Å². The van der Waals surface area contributed by atoms with E-state index >= 15 is 0 Å². The lowest BCUT2D eigenvalue weighted by atomic mass is 9.90. The Labute approximate surface area is 85.5 Å². The number of piperidine rings is 1. The summed E-state index contributed by atoms with van der Waals surface area (Å²) >= 11 is 0. The molecule has 0 radical (unpaired) electrons. The Hall–Kier alpha value is -0.810. The first-order valence-electron chi connectivity index (χ1n) is 5.41. The van der Waals surface area contributed by atoms with Crippen LogP contribution in [-0.2, 0) is 4.79 Å². The molecule has 0 aromatic rings. The normalized spacial score (nSPS) is 27.9. The maximum atomic E-state index is 11.7. The van der Waals surface area contributed by atoms with Crippen LogP contribution in [0.1, 0.15) is 32.6 Å². The lowest BCUT2D eigenvalue weighted by Crippen LogP contribution is -2.30. The van der Waals surface area contributed by atoms with Crippen LogP contribution in [0.5, 0.6) is 0 Å². The summed E-state index contributed by atoms with van der Waals surface area (Å²) in [6.45, 7) is 3.97. The summed E-state index contributed by atoms with van der Waals surface area (Å²) in [6, 6.07) is 0. The number of carbonyl (C=O) groups is 1. The second kappa shape index (κ2) is 3.74. The number of Topliss-reactive ketones (excluding diaryl/α,β-unsaturated/α-hetero) is 1. The van der Waals surface area contributed by atoms with E-state index in [-0.39, 0.29) is 0 Å². The molecule has 2 heteroatoms. The van der Waals surface area contributed by atoms with Gasteiger partial charge < -0.3 is 5.32 Å². The van der Waals surface area contributed by atoms with Gasteiger partial charge in [0.2, 0.25) is 0 Å². The summed E-state index contributed by atoms with van der Waals surface area (Å²) in [5, 5.41) is 3.34. The van der Waals surface area contributed by atoms with Crippen LogP contribution >= 0.6 is 0 Å². The van der Waals surface area contributed by atoms with Crippen molar-refractivity contribution in [2.75, 3.05) is 13.1 Å². The number of rotatable bonds is 2. The van der Waals surface area contributed by atoms with Gasteiger partial charge >= 0.3 is 0 Å². The molecule has 0 amide bonds. The molecule has 1 aliphatic heterocycles. The highest BCUT2D eigenvalue weighted by molar-refractivity contribution is 5.86. The Balaban J connectivity index is 1.89. The SMILES string of the molecule is CC#CCC(=O)C1CC12CCNCC2. The molecule has 1 unspecified atom stereocenters. The molecule has 1 N–H and O–H groups in total. The van der Waals surface area contributed by atoms with Gasteiger partial charge in [0.05, 0.1) is 6.42 Å². The van der Waals surface area contributed by atoms with E-state index in [0.717, 1.165) is 19.5 Å². The van der Waals surface area contributed by atoms with E-state index in [1.807, 2.05) is 0 Å². The van der Waals surface area contributed by atoms with Crippen molar-refractivity contribution in [3.05, 3.63) is 0 Å². The number of hydrogen-bond acceptors (Lipinski definition) is 2. The zero-order valence-electron chi connectivity index (χ0n) is 8.73. The predicted molar refractivity (Wildman–Crippen MR) is 55.7 cm³/mol. The van der Waals surface area contributed by atoms with Gasteiger partial charge in [0.15, 0.2) is 0 Å². The third kappa shape index (κ3) is 1.69. The van der Waals surface area contributed by atoms with Crippen LogP contribution in [0.25, 0.3) is 0 Å². The maximum Gasteiger partial charge on any atom is 0.148 e. The van der Waals surface area contributed by atoms with Crippen LogP contribution in [0.3, 0.4) is 0 Å². The molecule has 1 heterocycles. The first kappa shape index (κ1) is 9.73. The van der Waals surface area contributed by atoms with Crippen LogP contribution in [0, 0.1) is 23.2 Å². The van der Waals surface area contributed by atoms with Crippen molar-refractivity contribution < 1.29 is 4.79 Å². The number of nitrogens with one attached hydrogen (secondary N) is 1. The summed E-state index contributed by atoms with van der Waals surface area (Å²) in [6.07, 6.45) is 3.96. The molecular weight excluding hydrogens is 174 g/mol. The monoisotopic (exact) mass is 191 g/mol. The molecule has 1 aliphatic carbocycles. The molecule has 2 fully saturated rings. The van der Waals surface area contributed by atoms with Gasteiger partial charge in [-0.15, -0.1) is 5.92 Å². The zero-order chi connectivity index (χ0) is 10.0. The second-order valence-electron chi connectivity index (χ2n) is 4.44. The predicted octanol–water partition coefficient (Wildman–Crippen LogP) is 1.36. The fourth-order valence-corrected chi connectivity index (χ4v) is 2.58. The molecule has 2 nitrogen and oxygen atoms in total. The van der Waals surface area contributed by atoms with Crippen LogP contribution < -0.4 is 5.32 Å². The highest BCUT2D eigenvalue weighted by Crippen LogP contribution is 2.59. The average Bonchev–Trinajstić information content (AvgIpc) is 2.90. The van der Waals surface area contributed by atoms with Crippen molar-refractivity contribution in [2.45, 2.75) is 32.6 Å². The minimum Gasteiger partial charge on any atom is -0.317 e. The first-order valence-corrected chi connectivity index (χ1v) is 5.41. The van der Waals surface area contributed by atoms with E-state index in [1.165, 1.54) is 12.8 Å². The molecule has 1 spiro atoms. The van der Waals surface area contributed by atoms with E-state index in [1.54, 1.807) is 6.92 Å². The molecule has 2 aliphatic rings. The van der Waals surface area contributed by atoms with Crippen molar-refractivity contribution in [3.63, 3.8) is 0 Å². The lowest BCUT2D eigenvalue weighted by Gasteiger charge is -2.22. The maximum absolute atomic E-state index is 11.7. The van der Waals surface area contributed by atoms with E-state index in [9.17, 15) is 4.79 Å². The quantitative estimate of drug-likeness (QED) is 0.668. The van der Waals surface area contributed by atoms with Crippen molar-refractivity contribution in [1.82, 2.24) is 5.32 Å². The summed E-state index contributed by atoms with van der Waals surface area (Å²) in [5.74, 6) is 6.38. The lowest BCUT2D eigenvalue weighted by molar-refractivity contribution is -0.120. The van der Waals surface area contributed by atoms with Crippen LogP contribution in [0.2, 0.25) is 0 Å². The van der Waals surface area contributed by atoms with Gasteiger partial charge in [0, 0.05) is 5.92 Å². The third-order valence-electron chi connectivity index (χ3n) is 3.62. The summed E-state index contributed by atoms with van der Waals surface area (Å²) in [4.78, 5) is 11.7. The molecular formula is C12H17NO. The van der Waals surface area contributed by atoms with Gasteiger partial charge in [-0.25, -0.2) is 0 Å². The number of hydrogen-bond donors (Lipinski definition) is 1. The molecule has 0 aromatic carbocycles. The fourth-order valence-electron chi connectivity index (χ4n) is 2.58. The molecule has 14 heavy (non-hydrogen) atoms. The first-order chi connectivity index (χ1) is 6.78. The number of carbonyl (C=O) groups excluding carboxylic acids is 1. The van der Waals surface area contributed by atoms with E-state index in [2.05, 4.69) is 17.2 Å². The Kier molecular flexibility index (Phi) is 2.60. The second-order valence-corrected chi connectivity index (χ2v) is 4.44. The molecule has 1 saturated heterocycles. The Morgan fingerprint density at radius 3 is 2.86 bits per heavy atom. The van der Waals surface area contributed by atoms with Gasteiger partial charge in [0.1, 0.15) is 5.78 Å². The van der Waals surface area contributed by atoms with Crippen LogP contribution in [0.4, 0.5) is 0 Å². The van der Waals surface area contributed by atoms with Gasteiger partial charge in [0.25, 0.3) is 0 Å². The Morgan fingerprint density at radius 2 is 2.21 bits per heavy atom. The fraction of sp³-hybridized carbons (Fsp3) is 0.750. The van der Waals surface area contributed by atoms with Gasteiger partial charge in [-0.2, -0.15) is 0 Å². The highest BCUT2D eigenvalue weighted by atomic mass is 16.1. The van der Waals surface area contributed by atoms with E-state index < -0.39 is 0 Å². The van der Waals surface area contributed by atoms with E-state index in [0.29, 0.717) is 23.5 Å². The minimum absolute atomic E-state index is 0.338. The van der Waals surface area contributed by atoms with Crippen molar-refractivity contribution >= 4 is 5.78 Å². The number of ketones is 1. The summed E-state index contributed by atoms with van der Waals surface area (Å²) in [5.41, 5.74) is 0.387. The molecule has 1 atom stereocenters. The van der Waals surface area contributed by atoms with Crippen LogP contribution in [-0.4, -0.2) is 18.9 Å². The molecule has 0 bridgehead atoms. The standard InChI is InChI=1S/C12H17NO/c1-2-3-4-11(14)10-9-12(10)5-7-13-8-6-12/h10,13H,4-9H2,1H3. The highest BCUT2D eigenvalue weighted by Gasteiger charge is 2.56. The zero-order valence-corrected chi connectivity index (χ0v) is 8.73. The van der Waals surface area contributed by atoms with Gasteiger partial charge in [-0.05, 0) is 44.7 Å². The van der Waals surface area contributed by atoms with Gasteiger partial charge in [-0.3, -0.25) is 4.79 Å². The van der Waals surface area contributed by atoms with E-state index in [4.69, 9.17) is 0 Å². The van der Waals surface area contributed by atoms with Crippen molar-refractivity contribution in [3.8, 4) is 11.8 Å². The Bertz CT molecular complexity index is 291. The smallest absolute Gasteiger partial charge is 0.148 e. The molecule has 1 saturated carbocycles. The Morgan fingerprint density at radius 1 is 1.50 bits per heavy atom. The third-order valence-corrected chi connectivity index (χ3v) is 3.62. The van der Waals surface area contributed by atoms with Crippen molar-refractivity contribution in [1.29, 1.82) is 0 Å². The van der Waals surface area contributed by atoms with Crippen molar-refractivity contribution in [2.24, 2.45) is 11.3 Å². The average molecular weight is 191 g/mol. The summed E-state index contributed by atoms with van der Waals surface area (Å²) in [7, 11) is 0.